The molecule has 3 rings (SSSR count). The molecule has 5 heteroatoms. The number of benzene rings is 1. The molecule has 1 heterocycles. The quantitative estimate of drug-likeness (QED) is 0.784. The van der Waals surface area contributed by atoms with E-state index in [1.54, 1.807) is 16.4 Å². The Labute approximate surface area is 135 Å². The minimum atomic E-state index is -3.36. The minimum Gasteiger partial charge on any atom is -0.207 e. The Morgan fingerprint density at radius 3 is 2.62 bits per heavy atom. The first-order chi connectivity index (χ1) is 10.00. The molecule has 0 amide bonds. The Morgan fingerprint density at radius 2 is 1.86 bits per heavy atom. The summed E-state index contributed by atoms with van der Waals surface area (Å²) in [5, 5.41) is 0. The predicted molar refractivity (Wildman–Crippen MR) is 87.8 cm³/mol. The summed E-state index contributed by atoms with van der Waals surface area (Å²) < 4.78 is 28.8. The van der Waals surface area contributed by atoms with Gasteiger partial charge in [0.05, 0.1) is 4.90 Å². The molecular formula is C16H22BrNO2S. The van der Waals surface area contributed by atoms with E-state index in [1.165, 1.54) is 19.3 Å². The number of hydrogen-bond acceptors (Lipinski definition) is 2. The van der Waals surface area contributed by atoms with Crippen molar-refractivity contribution in [3.63, 3.8) is 0 Å². The Kier molecular flexibility index (Phi) is 4.44. The highest BCUT2D eigenvalue weighted by Crippen LogP contribution is 2.38. The van der Waals surface area contributed by atoms with Gasteiger partial charge in [-0.25, -0.2) is 8.42 Å². The molecule has 2 aliphatic rings. The van der Waals surface area contributed by atoms with Crippen molar-refractivity contribution in [2.24, 2.45) is 5.92 Å². The van der Waals surface area contributed by atoms with Gasteiger partial charge in [0.2, 0.25) is 10.0 Å². The fourth-order valence-corrected chi connectivity index (χ4v) is 5.88. The minimum absolute atomic E-state index is 0.224. The second kappa shape index (κ2) is 6.01. The van der Waals surface area contributed by atoms with Crippen LogP contribution in [0.2, 0.25) is 0 Å². The zero-order valence-electron chi connectivity index (χ0n) is 12.4. The van der Waals surface area contributed by atoms with Crippen molar-refractivity contribution in [2.45, 2.75) is 56.4 Å². The Hall–Kier alpha value is -0.390. The van der Waals surface area contributed by atoms with Gasteiger partial charge in [-0.2, -0.15) is 4.31 Å². The molecule has 0 unspecified atom stereocenters. The molecule has 1 aliphatic heterocycles. The maximum Gasteiger partial charge on any atom is 0.243 e. The summed E-state index contributed by atoms with van der Waals surface area (Å²) in [7, 11) is -3.36. The van der Waals surface area contributed by atoms with Gasteiger partial charge in [-0.3, -0.25) is 0 Å². The highest BCUT2D eigenvalue weighted by molar-refractivity contribution is 9.10. The van der Waals surface area contributed by atoms with Gasteiger partial charge in [-0.05, 0) is 62.3 Å². The van der Waals surface area contributed by atoms with E-state index in [0.29, 0.717) is 17.4 Å². The van der Waals surface area contributed by atoms with Crippen molar-refractivity contribution in [1.29, 1.82) is 0 Å². The molecule has 0 aromatic heterocycles. The highest BCUT2D eigenvalue weighted by atomic mass is 79.9. The van der Waals surface area contributed by atoms with E-state index in [-0.39, 0.29) is 6.04 Å². The molecule has 0 bridgehead atoms. The summed E-state index contributed by atoms with van der Waals surface area (Å²) in [5.41, 5.74) is 0.966. The fraction of sp³-hybridized carbons (Fsp3) is 0.625. The predicted octanol–water partition coefficient (Wildman–Crippen LogP) is 4.10. The van der Waals surface area contributed by atoms with Gasteiger partial charge in [-0.15, -0.1) is 0 Å². The molecule has 0 spiro atoms. The SMILES string of the molecule is Cc1cc(S(=O)(=O)N2CCC[C@H]3CCCC[C@H]32)ccc1Br. The van der Waals surface area contributed by atoms with Gasteiger partial charge in [0.15, 0.2) is 0 Å². The van der Waals surface area contributed by atoms with Crippen molar-refractivity contribution in [3.05, 3.63) is 28.2 Å². The largest absolute Gasteiger partial charge is 0.243 e. The first-order valence-electron chi connectivity index (χ1n) is 7.78. The van der Waals surface area contributed by atoms with Crippen LogP contribution in [-0.2, 0) is 10.0 Å². The number of fused-ring (bicyclic) bond motifs is 1. The van der Waals surface area contributed by atoms with Crippen LogP contribution in [-0.4, -0.2) is 25.3 Å². The zero-order valence-corrected chi connectivity index (χ0v) is 14.8. The van der Waals surface area contributed by atoms with Crippen LogP contribution in [0.4, 0.5) is 0 Å². The number of rotatable bonds is 2. The van der Waals surface area contributed by atoms with Crippen molar-refractivity contribution in [3.8, 4) is 0 Å². The molecule has 1 saturated carbocycles. The summed E-state index contributed by atoms with van der Waals surface area (Å²) in [4.78, 5) is 0.439. The molecule has 3 nitrogen and oxygen atoms in total. The van der Waals surface area contributed by atoms with Crippen LogP contribution in [0.3, 0.4) is 0 Å². The zero-order chi connectivity index (χ0) is 15.0. The molecule has 2 fully saturated rings. The van der Waals surface area contributed by atoms with Crippen LogP contribution >= 0.6 is 15.9 Å². The summed E-state index contributed by atoms with van der Waals surface area (Å²) in [6.45, 7) is 2.61. The van der Waals surface area contributed by atoms with E-state index >= 15 is 0 Å². The molecule has 0 radical (unpaired) electrons. The molecule has 21 heavy (non-hydrogen) atoms. The Morgan fingerprint density at radius 1 is 1.14 bits per heavy atom. The molecule has 1 saturated heterocycles. The van der Waals surface area contributed by atoms with Crippen molar-refractivity contribution in [1.82, 2.24) is 4.31 Å². The monoisotopic (exact) mass is 371 g/mol. The maximum atomic E-state index is 13.0. The van der Waals surface area contributed by atoms with E-state index in [2.05, 4.69) is 15.9 Å². The first-order valence-corrected chi connectivity index (χ1v) is 10.0. The average Bonchev–Trinajstić information content (AvgIpc) is 2.49. The molecule has 1 aromatic carbocycles. The Bertz CT molecular complexity index is 627. The third kappa shape index (κ3) is 2.92. The third-order valence-corrected chi connectivity index (χ3v) is 7.74. The smallest absolute Gasteiger partial charge is 0.207 e. The molecule has 0 N–H and O–H groups in total. The molecule has 1 aliphatic carbocycles. The standard InChI is InChI=1S/C16H22BrNO2S/c1-12-11-14(8-9-15(12)17)21(19,20)18-10-4-6-13-5-2-3-7-16(13)18/h8-9,11,13,16H,2-7,10H2,1H3/t13-,16-/m1/s1. The van der Waals surface area contributed by atoms with Gasteiger partial charge in [-0.1, -0.05) is 28.8 Å². The van der Waals surface area contributed by atoms with Gasteiger partial charge >= 0.3 is 0 Å². The summed E-state index contributed by atoms with van der Waals surface area (Å²) >= 11 is 3.44. The van der Waals surface area contributed by atoms with E-state index in [9.17, 15) is 8.42 Å². The van der Waals surface area contributed by atoms with Crippen LogP contribution < -0.4 is 0 Å². The van der Waals surface area contributed by atoms with Gasteiger partial charge in [0, 0.05) is 17.1 Å². The van der Waals surface area contributed by atoms with E-state index in [0.717, 1.165) is 29.3 Å². The first kappa shape index (κ1) is 15.5. The van der Waals surface area contributed by atoms with Gasteiger partial charge < -0.3 is 0 Å². The lowest BCUT2D eigenvalue weighted by Gasteiger charge is -2.43. The number of nitrogens with zero attached hydrogens (tertiary/aromatic N) is 1. The molecular weight excluding hydrogens is 350 g/mol. The van der Waals surface area contributed by atoms with Crippen molar-refractivity contribution < 1.29 is 8.42 Å². The van der Waals surface area contributed by atoms with Crippen LogP contribution in [0.1, 0.15) is 44.1 Å². The number of aryl methyl sites for hydroxylation is 1. The van der Waals surface area contributed by atoms with E-state index in [4.69, 9.17) is 0 Å². The summed E-state index contributed by atoms with van der Waals surface area (Å²) in [6.07, 6.45) is 6.82. The summed E-state index contributed by atoms with van der Waals surface area (Å²) in [6, 6.07) is 5.57. The van der Waals surface area contributed by atoms with Crippen LogP contribution in [0, 0.1) is 12.8 Å². The molecule has 1 aromatic rings. The normalized spacial score (nSPS) is 27.3. The number of piperidine rings is 1. The van der Waals surface area contributed by atoms with Crippen LogP contribution in [0.5, 0.6) is 0 Å². The Balaban J connectivity index is 1.94. The highest BCUT2D eigenvalue weighted by Gasteiger charge is 2.39. The fourth-order valence-electron chi connectivity index (χ4n) is 3.79. The topological polar surface area (TPSA) is 37.4 Å². The lowest BCUT2D eigenvalue weighted by atomic mass is 9.79. The summed E-state index contributed by atoms with van der Waals surface area (Å²) in [5.74, 6) is 0.568. The van der Waals surface area contributed by atoms with Gasteiger partial charge in [0.25, 0.3) is 0 Å². The second-order valence-electron chi connectivity index (χ2n) is 6.28. The number of hydrogen-bond donors (Lipinski definition) is 0. The second-order valence-corrected chi connectivity index (χ2v) is 9.03. The number of sulfonamides is 1. The molecule has 116 valence electrons. The van der Waals surface area contributed by atoms with Crippen LogP contribution in [0.15, 0.2) is 27.6 Å². The van der Waals surface area contributed by atoms with Gasteiger partial charge in [0.1, 0.15) is 0 Å². The molecule has 2 atom stereocenters. The number of halogens is 1. The van der Waals surface area contributed by atoms with Crippen molar-refractivity contribution >= 4 is 26.0 Å². The maximum absolute atomic E-state index is 13.0. The van der Waals surface area contributed by atoms with Crippen molar-refractivity contribution in [2.75, 3.05) is 6.54 Å². The lowest BCUT2D eigenvalue weighted by Crippen LogP contribution is -2.49. The van der Waals surface area contributed by atoms with E-state index in [1.807, 2.05) is 13.0 Å². The van der Waals surface area contributed by atoms with E-state index < -0.39 is 10.0 Å². The lowest BCUT2D eigenvalue weighted by molar-refractivity contribution is 0.129. The third-order valence-electron chi connectivity index (χ3n) is 4.93. The average molecular weight is 372 g/mol. The van der Waals surface area contributed by atoms with Crippen LogP contribution in [0.25, 0.3) is 0 Å².